The third kappa shape index (κ3) is 5.14. The first-order valence-electron chi connectivity index (χ1n) is 10.1. The number of ether oxygens (including phenoxy) is 1. The number of pyridine rings is 1. The van der Waals surface area contributed by atoms with E-state index < -0.39 is 0 Å². The van der Waals surface area contributed by atoms with Crippen molar-refractivity contribution in [2.75, 3.05) is 20.2 Å². The summed E-state index contributed by atoms with van der Waals surface area (Å²) in [6, 6.07) is 17.0. The lowest BCUT2D eigenvalue weighted by molar-refractivity contribution is -0.123. The molecule has 6 heteroatoms. The number of hydrogen-bond donors (Lipinski definition) is 2. The number of hydrogen-bond acceptors (Lipinski definition) is 4. The van der Waals surface area contributed by atoms with E-state index in [2.05, 4.69) is 10.6 Å². The Morgan fingerprint density at radius 2 is 1.70 bits per heavy atom. The summed E-state index contributed by atoms with van der Waals surface area (Å²) in [5.74, 6) is 0.588. The molecule has 0 spiro atoms. The average Bonchev–Trinajstić information content (AvgIpc) is 2.77. The lowest BCUT2D eigenvalue weighted by Crippen LogP contribution is -2.32. The molecule has 0 atom stereocenters. The van der Waals surface area contributed by atoms with Crippen molar-refractivity contribution < 1.29 is 14.3 Å². The van der Waals surface area contributed by atoms with Gasteiger partial charge in [0.2, 0.25) is 5.91 Å². The fourth-order valence-corrected chi connectivity index (χ4v) is 3.07. The van der Waals surface area contributed by atoms with Crippen LogP contribution in [0.15, 0.2) is 54.6 Å². The largest absolute Gasteiger partial charge is 0.497 e. The second kappa shape index (κ2) is 9.87. The van der Waals surface area contributed by atoms with E-state index in [0.717, 1.165) is 27.9 Å². The molecule has 1 aromatic heterocycles. The molecule has 0 aliphatic heterocycles. The molecule has 2 amide bonds. The SMILES string of the molecule is COc1ccc(-c2cc(C(=O)NCCCNC(=O)C(C)C)c3ccccc3n2)cc1. The molecule has 0 saturated heterocycles. The van der Waals surface area contributed by atoms with Gasteiger partial charge in [-0.15, -0.1) is 0 Å². The van der Waals surface area contributed by atoms with E-state index in [4.69, 9.17) is 9.72 Å². The van der Waals surface area contributed by atoms with E-state index in [0.29, 0.717) is 25.1 Å². The van der Waals surface area contributed by atoms with Crippen LogP contribution in [0.5, 0.6) is 5.75 Å². The Hall–Kier alpha value is -3.41. The number of rotatable bonds is 8. The van der Waals surface area contributed by atoms with Crippen LogP contribution in [0, 0.1) is 5.92 Å². The van der Waals surface area contributed by atoms with Crippen LogP contribution in [0.2, 0.25) is 0 Å². The van der Waals surface area contributed by atoms with E-state index in [1.807, 2.05) is 68.4 Å². The summed E-state index contributed by atoms with van der Waals surface area (Å²) in [5, 5.41) is 6.61. The molecule has 3 aromatic rings. The monoisotopic (exact) mass is 405 g/mol. The first-order chi connectivity index (χ1) is 14.5. The molecule has 0 aliphatic rings. The summed E-state index contributed by atoms with van der Waals surface area (Å²) in [6.07, 6.45) is 0.665. The second-order valence-electron chi connectivity index (χ2n) is 7.36. The zero-order valence-corrected chi connectivity index (χ0v) is 17.6. The number of nitrogens with zero attached hydrogens (tertiary/aromatic N) is 1. The molecule has 0 aliphatic carbocycles. The first kappa shape index (κ1) is 21.3. The van der Waals surface area contributed by atoms with Gasteiger partial charge in [-0.2, -0.15) is 0 Å². The number of aromatic nitrogens is 1. The van der Waals surface area contributed by atoms with Gasteiger partial charge >= 0.3 is 0 Å². The van der Waals surface area contributed by atoms with Crippen LogP contribution in [0.1, 0.15) is 30.6 Å². The lowest BCUT2D eigenvalue weighted by Gasteiger charge is -2.11. The van der Waals surface area contributed by atoms with Gasteiger partial charge in [-0.05, 0) is 42.8 Å². The molecule has 6 nitrogen and oxygen atoms in total. The maximum Gasteiger partial charge on any atom is 0.252 e. The molecule has 3 rings (SSSR count). The van der Waals surface area contributed by atoms with E-state index in [1.54, 1.807) is 7.11 Å². The van der Waals surface area contributed by atoms with Gasteiger partial charge in [0.25, 0.3) is 5.91 Å². The molecule has 0 fully saturated rings. The summed E-state index contributed by atoms with van der Waals surface area (Å²) in [4.78, 5) is 29.2. The van der Waals surface area contributed by atoms with Crippen molar-refractivity contribution in [3.8, 4) is 17.0 Å². The predicted molar refractivity (Wildman–Crippen MR) is 119 cm³/mol. The zero-order valence-electron chi connectivity index (χ0n) is 17.6. The minimum absolute atomic E-state index is 0.0191. The highest BCUT2D eigenvalue weighted by molar-refractivity contribution is 6.07. The highest BCUT2D eigenvalue weighted by Crippen LogP contribution is 2.26. The van der Waals surface area contributed by atoms with E-state index in [9.17, 15) is 9.59 Å². The molecule has 0 radical (unpaired) electrons. The van der Waals surface area contributed by atoms with Crippen molar-refractivity contribution >= 4 is 22.7 Å². The first-order valence-corrected chi connectivity index (χ1v) is 10.1. The Morgan fingerprint density at radius 1 is 1.00 bits per heavy atom. The van der Waals surface area contributed by atoms with Gasteiger partial charge in [0, 0.05) is 30.0 Å². The van der Waals surface area contributed by atoms with Crippen molar-refractivity contribution in [1.29, 1.82) is 0 Å². The maximum atomic E-state index is 12.9. The Morgan fingerprint density at radius 3 is 2.40 bits per heavy atom. The van der Waals surface area contributed by atoms with Crippen molar-refractivity contribution in [1.82, 2.24) is 15.6 Å². The topological polar surface area (TPSA) is 80.3 Å². The summed E-state index contributed by atoms with van der Waals surface area (Å²) in [5.41, 5.74) is 2.98. The van der Waals surface area contributed by atoms with Crippen LogP contribution in [0.3, 0.4) is 0 Å². The minimum Gasteiger partial charge on any atom is -0.497 e. The zero-order chi connectivity index (χ0) is 21.5. The Kier molecular flexibility index (Phi) is 7.01. The van der Waals surface area contributed by atoms with Crippen LogP contribution in [-0.2, 0) is 4.79 Å². The number of benzene rings is 2. The quantitative estimate of drug-likeness (QED) is 0.559. The van der Waals surface area contributed by atoms with Crippen molar-refractivity contribution in [3.63, 3.8) is 0 Å². The van der Waals surface area contributed by atoms with Gasteiger partial charge in [-0.1, -0.05) is 32.0 Å². The second-order valence-corrected chi connectivity index (χ2v) is 7.36. The number of para-hydroxylation sites is 1. The molecule has 0 unspecified atom stereocenters. The Balaban J connectivity index is 1.76. The highest BCUT2D eigenvalue weighted by atomic mass is 16.5. The smallest absolute Gasteiger partial charge is 0.252 e. The third-order valence-electron chi connectivity index (χ3n) is 4.81. The molecular formula is C24H27N3O3. The number of carbonyl (C=O) groups is 2. The normalized spacial score (nSPS) is 10.8. The van der Waals surface area contributed by atoms with Gasteiger partial charge < -0.3 is 15.4 Å². The molecule has 30 heavy (non-hydrogen) atoms. The number of methoxy groups -OCH3 is 1. The van der Waals surface area contributed by atoms with Crippen LogP contribution in [0.4, 0.5) is 0 Å². The standard InChI is InChI=1S/C24H27N3O3/c1-16(2)23(28)25-13-6-14-26-24(29)20-15-22(17-9-11-18(30-3)12-10-17)27-21-8-5-4-7-19(20)21/h4-5,7-12,15-16H,6,13-14H2,1-3H3,(H,25,28)(H,26,29). The molecule has 156 valence electrons. The maximum absolute atomic E-state index is 12.9. The molecular weight excluding hydrogens is 378 g/mol. The number of nitrogens with one attached hydrogen (secondary N) is 2. The third-order valence-corrected chi connectivity index (χ3v) is 4.81. The predicted octanol–water partition coefficient (Wildman–Crippen LogP) is 3.80. The number of amides is 2. The van der Waals surface area contributed by atoms with Crippen molar-refractivity contribution in [3.05, 3.63) is 60.2 Å². The van der Waals surface area contributed by atoms with Gasteiger partial charge in [0.05, 0.1) is 23.9 Å². The molecule has 0 bridgehead atoms. The van der Waals surface area contributed by atoms with Crippen LogP contribution in [0.25, 0.3) is 22.2 Å². The van der Waals surface area contributed by atoms with Crippen molar-refractivity contribution in [2.45, 2.75) is 20.3 Å². The van der Waals surface area contributed by atoms with E-state index >= 15 is 0 Å². The van der Waals surface area contributed by atoms with Gasteiger partial charge in [0.15, 0.2) is 0 Å². The molecule has 1 heterocycles. The van der Waals surface area contributed by atoms with Crippen LogP contribution < -0.4 is 15.4 Å². The Labute approximate surface area is 176 Å². The summed E-state index contributed by atoms with van der Waals surface area (Å²) in [7, 11) is 1.62. The van der Waals surface area contributed by atoms with Gasteiger partial charge in [0.1, 0.15) is 5.75 Å². The summed E-state index contributed by atoms with van der Waals surface area (Å²) in [6.45, 7) is 4.72. The fraction of sp³-hybridized carbons (Fsp3) is 0.292. The van der Waals surface area contributed by atoms with Gasteiger partial charge in [-0.3, -0.25) is 9.59 Å². The van der Waals surface area contributed by atoms with E-state index in [-0.39, 0.29) is 17.7 Å². The van der Waals surface area contributed by atoms with Crippen molar-refractivity contribution in [2.24, 2.45) is 5.92 Å². The van der Waals surface area contributed by atoms with Crippen LogP contribution in [-0.4, -0.2) is 37.0 Å². The fourth-order valence-electron chi connectivity index (χ4n) is 3.07. The number of carbonyl (C=O) groups excluding carboxylic acids is 2. The molecule has 0 saturated carbocycles. The Bertz CT molecular complexity index is 1030. The molecule has 2 aromatic carbocycles. The summed E-state index contributed by atoms with van der Waals surface area (Å²) >= 11 is 0. The number of fused-ring (bicyclic) bond motifs is 1. The minimum atomic E-state index is -0.154. The lowest BCUT2D eigenvalue weighted by atomic mass is 10.0. The average molecular weight is 405 g/mol. The highest BCUT2D eigenvalue weighted by Gasteiger charge is 2.14. The van der Waals surface area contributed by atoms with E-state index in [1.165, 1.54) is 0 Å². The van der Waals surface area contributed by atoms with Crippen LogP contribution >= 0.6 is 0 Å². The molecule has 2 N–H and O–H groups in total. The summed E-state index contributed by atoms with van der Waals surface area (Å²) < 4.78 is 5.22. The van der Waals surface area contributed by atoms with Gasteiger partial charge in [-0.25, -0.2) is 4.98 Å².